The molecule has 0 aromatic rings. The number of aliphatic hydroxyl groups is 1. The summed E-state index contributed by atoms with van der Waals surface area (Å²) >= 11 is 0. The number of aliphatic hydroxyl groups excluding tert-OH is 1. The van der Waals surface area contributed by atoms with E-state index in [9.17, 15) is 13.5 Å². The summed E-state index contributed by atoms with van der Waals surface area (Å²) in [5.41, 5.74) is 0. The molecule has 0 aromatic carbocycles. The van der Waals surface area contributed by atoms with Gasteiger partial charge in [-0.1, -0.05) is 12.8 Å². The normalized spacial score (nSPS) is 29.4. The van der Waals surface area contributed by atoms with Crippen LogP contribution >= 0.6 is 0 Å². The first-order valence-corrected chi connectivity index (χ1v) is 6.27. The average molecular weight is 222 g/mol. The first-order chi connectivity index (χ1) is 6.49. The van der Waals surface area contributed by atoms with E-state index in [0.717, 1.165) is 19.3 Å². The van der Waals surface area contributed by atoms with Crippen molar-refractivity contribution in [2.24, 2.45) is 0 Å². The van der Waals surface area contributed by atoms with Crippen molar-refractivity contribution in [3.63, 3.8) is 0 Å². The molecule has 1 rings (SSSR count). The summed E-state index contributed by atoms with van der Waals surface area (Å²) in [5.74, 6) is 0. The van der Waals surface area contributed by atoms with Gasteiger partial charge in [0.15, 0.2) is 0 Å². The summed E-state index contributed by atoms with van der Waals surface area (Å²) in [6.45, 7) is 0. The van der Waals surface area contributed by atoms with Crippen molar-refractivity contribution in [2.45, 2.75) is 37.8 Å². The summed E-state index contributed by atoms with van der Waals surface area (Å²) < 4.78 is 26.4. The van der Waals surface area contributed by atoms with E-state index in [1.807, 2.05) is 0 Å². The summed E-state index contributed by atoms with van der Waals surface area (Å²) in [5, 5.41) is 9.66. The van der Waals surface area contributed by atoms with Crippen molar-refractivity contribution in [2.75, 3.05) is 14.1 Å². The highest BCUT2D eigenvalue weighted by atomic mass is 32.2. The zero-order valence-corrected chi connectivity index (χ0v) is 9.42. The van der Waals surface area contributed by atoms with Gasteiger partial charge in [0.2, 0.25) is 0 Å². The monoisotopic (exact) mass is 222 g/mol. The number of hydrogen-bond acceptors (Lipinski definition) is 3. The molecule has 14 heavy (non-hydrogen) atoms. The molecule has 0 bridgehead atoms. The fourth-order valence-electron chi connectivity index (χ4n) is 1.84. The molecule has 84 valence electrons. The van der Waals surface area contributed by atoms with Crippen LogP contribution in [0.25, 0.3) is 0 Å². The van der Waals surface area contributed by atoms with Crippen LogP contribution in [-0.2, 0) is 10.2 Å². The SMILES string of the molecule is CNS(=O)(=O)N(C)C1CCCCC1O. The number of nitrogens with one attached hydrogen (secondary N) is 1. The molecule has 0 amide bonds. The molecule has 0 saturated heterocycles. The minimum Gasteiger partial charge on any atom is -0.391 e. The van der Waals surface area contributed by atoms with Crippen LogP contribution < -0.4 is 4.72 Å². The topological polar surface area (TPSA) is 69.6 Å². The largest absolute Gasteiger partial charge is 0.391 e. The van der Waals surface area contributed by atoms with Gasteiger partial charge in [0.1, 0.15) is 0 Å². The third-order valence-electron chi connectivity index (χ3n) is 2.80. The van der Waals surface area contributed by atoms with Gasteiger partial charge in [-0.05, 0) is 12.8 Å². The molecule has 2 N–H and O–H groups in total. The van der Waals surface area contributed by atoms with Gasteiger partial charge >= 0.3 is 0 Å². The third-order valence-corrected chi connectivity index (χ3v) is 4.34. The van der Waals surface area contributed by atoms with Crippen LogP contribution in [0.2, 0.25) is 0 Å². The number of rotatable bonds is 3. The van der Waals surface area contributed by atoms with Crippen LogP contribution in [0, 0.1) is 0 Å². The van der Waals surface area contributed by atoms with Crippen molar-refractivity contribution in [1.82, 2.24) is 9.03 Å². The zero-order chi connectivity index (χ0) is 10.8. The highest BCUT2D eigenvalue weighted by Crippen LogP contribution is 2.23. The predicted octanol–water partition coefficient (Wildman–Crippen LogP) is -0.314. The van der Waals surface area contributed by atoms with Gasteiger partial charge in [-0.2, -0.15) is 12.7 Å². The van der Waals surface area contributed by atoms with E-state index in [4.69, 9.17) is 0 Å². The Balaban J connectivity index is 2.72. The highest BCUT2D eigenvalue weighted by Gasteiger charge is 2.32. The first-order valence-electron chi connectivity index (χ1n) is 4.83. The van der Waals surface area contributed by atoms with Crippen molar-refractivity contribution in [1.29, 1.82) is 0 Å². The van der Waals surface area contributed by atoms with E-state index >= 15 is 0 Å². The maximum absolute atomic E-state index is 11.4. The maximum atomic E-state index is 11.4. The fourth-order valence-corrected chi connectivity index (χ4v) is 2.73. The van der Waals surface area contributed by atoms with E-state index in [0.29, 0.717) is 6.42 Å². The minimum atomic E-state index is -3.41. The van der Waals surface area contributed by atoms with Crippen molar-refractivity contribution >= 4 is 10.2 Å². The highest BCUT2D eigenvalue weighted by molar-refractivity contribution is 7.87. The fraction of sp³-hybridized carbons (Fsp3) is 1.00. The Kier molecular flexibility index (Phi) is 3.88. The smallest absolute Gasteiger partial charge is 0.279 e. The molecule has 0 radical (unpaired) electrons. The quantitative estimate of drug-likeness (QED) is 0.688. The summed E-state index contributed by atoms with van der Waals surface area (Å²) in [4.78, 5) is 0. The van der Waals surface area contributed by atoms with Crippen LogP contribution in [0.3, 0.4) is 0 Å². The van der Waals surface area contributed by atoms with Gasteiger partial charge in [-0.3, -0.25) is 0 Å². The minimum absolute atomic E-state index is 0.277. The maximum Gasteiger partial charge on any atom is 0.279 e. The molecule has 2 unspecified atom stereocenters. The van der Waals surface area contributed by atoms with Gasteiger partial charge in [0.25, 0.3) is 10.2 Å². The molecule has 0 heterocycles. The molecule has 1 saturated carbocycles. The Morgan fingerprint density at radius 2 is 1.93 bits per heavy atom. The summed E-state index contributed by atoms with van der Waals surface area (Å²) in [6.07, 6.45) is 2.85. The van der Waals surface area contributed by atoms with Crippen LogP contribution in [0.15, 0.2) is 0 Å². The Hall–Kier alpha value is -0.170. The second kappa shape index (κ2) is 4.57. The third kappa shape index (κ3) is 2.44. The lowest BCUT2D eigenvalue weighted by Crippen LogP contribution is -2.49. The second-order valence-electron chi connectivity index (χ2n) is 3.64. The lowest BCUT2D eigenvalue weighted by atomic mass is 9.93. The number of nitrogens with zero attached hydrogens (tertiary/aromatic N) is 1. The Bertz CT molecular complexity index is 278. The standard InChI is InChI=1S/C8H18N2O3S/c1-9-14(12,13)10(2)7-5-3-4-6-8(7)11/h7-9,11H,3-6H2,1-2H3. The van der Waals surface area contributed by atoms with E-state index in [1.165, 1.54) is 18.4 Å². The molecule has 1 aliphatic rings. The second-order valence-corrected chi connectivity index (χ2v) is 5.58. The molecule has 1 fully saturated rings. The molecule has 0 aromatic heterocycles. The lowest BCUT2D eigenvalue weighted by Gasteiger charge is -2.33. The molecule has 5 nitrogen and oxygen atoms in total. The lowest BCUT2D eigenvalue weighted by molar-refractivity contribution is 0.0634. The van der Waals surface area contributed by atoms with Gasteiger partial charge in [0.05, 0.1) is 12.1 Å². The molecule has 6 heteroatoms. The van der Waals surface area contributed by atoms with Crippen molar-refractivity contribution in [3.8, 4) is 0 Å². The Morgan fingerprint density at radius 3 is 2.43 bits per heavy atom. The molecule has 0 aliphatic heterocycles. The van der Waals surface area contributed by atoms with E-state index in [2.05, 4.69) is 4.72 Å². The van der Waals surface area contributed by atoms with Crippen LogP contribution in [-0.4, -0.2) is 44.1 Å². The zero-order valence-electron chi connectivity index (χ0n) is 8.60. The van der Waals surface area contributed by atoms with E-state index in [1.54, 1.807) is 0 Å². The van der Waals surface area contributed by atoms with E-state index < -0.39 is 16.3 Å². The molecule has 1 aliphatic carbocycles. The number of hydrogen-bond donors (Lipinski definition) is 2. The predicted molar refractivity (Wildman–Crippen MR) is 54.0 cm³/mol. The first kappa shape index (κ1) is 11.9. The summed E-state index contributed by atoms with van der Waals surface area (Å²) in [7, 11) is -0.526. The van der Waals surface area contributed by atoms with Crippen LogP contribution in [0.4, 0.5) is 0 Å². The van der Waals surface area contributed by atoms with E-state index in [-0.39, 0.29) is 6.04 Å². The molecular weight excluding hydrogens is 204 g/mol. The average Bonchev–Trinajstić information content (AvgIpc) is 2.17. The van der Waals surface area contributed by atoms with Gasteiger partial charge in [-0.25, -0.2) is 4.72 Å². The number of likely N-dealkylation sites (N-methyl/N-ethyl adjacent to an activating group) is 1. The Morgan fingerprint density at radius 1 is 1.36 bits per heavy atom. The molecule has 0 spiro atoms. The van der Waals surface area contributed by atoms with Crippen molar-refractivity contribution < 1.29 is 13.5 Å². The van der Waals surface area contributed by atoms with Gasteiger partial charge in [-0.15, -0.1) is 0 Å². The molecular formula is C8H18N2O3S. The van der Waals surface area contributed by atoms with Gasteiger partial charge in [0, 0.05) is 14.1 Å². The Labute approximate surface area is 85.3 Å². The molecule has 2 atom stereocenters. The van der Waals surface area contributed by atoms with Crippen LogP contribution in [0.1, 0.15) is 25.7 Å². The van der Waals surface area contributed by atoms with Crippen LogP contribution in [0.5, 0.6) is 0 Å². The van der Waals surface area contributed by atoms with Gasteiger partial charge < -0.3 is 5.11 Å². The summed E-state index contributed by atoms with van der Waals surface area (Å²) in [6, 6.07) is -0.277. The van der Waals surface area contributed by atoms with Crippen molar-refractivity contribution in [3.05, 3.63) is 0 Å².